The van der Waals surface area contributed by atoms with E-state index in [1.807, 2.05) is 30.3 Å². The topological polar surface area (TPSA) is 78.0 Å². The molecular formula is C13H15N3O2. The Labute approximate surface area is 105 Å². The summed E-state index contributed by atoms with van der Waals surface area (Å²) >= 11 is 0. The summed E-state index contributed by atoms with van der Waals surface area (Å²) in [7, 11) is 0. The first-order valence-corrected chi connectivity index (χ1v) is 5.73. The SMILES string of the molecule is C[C@@H](CO)NC(=O)c1cc(-c2ccccc2)n[nH]1. The molecular weight excluding hydrogens is 230 g/mol. The second-order valence-electron chi connectivity index (χ2n) is 4.09. The molecule has 0 radical (unpaired) electrons. The van der Waals surface area contributed by atoms with Gasteiger partial charge in [-0.1, -0.05) is 30.3 Å². The second-order valence-corrected chi connectivity index (χ2v) is 4.09. The van der Waals surface area contributed by atoms with Crippen molar-refractivity contribution in [2.24, 2.45) is 0 Å². The third-order valence-corrected chi connectivity index (χ3v) is 2.54. The third kappa shape index (κ3) is 2.75. The van der Waals surface area contributed by atoms with Crippen LogP contribution in [0.3, 0.4) is 0 Å². The lowest BCUT2D eigenvalue weighted by Gasteiger charge is -2.08. The van der Waals surface area contributed by atoms with Crippen LogP contribution in [0.5, 0.6) is 0 Å². The van der Waals surface area contributed by atoms with Crippen molar-refractivity contribution in [3.63, 3.8) is 0 Å². The van der Waals surface area contributed by atoms with Gasteiger partial charge in [-0.05, 0) is 13.0 Å². The summed E-state index contributed by atoms with van der Waals surface area (Å²) in [5.74, 6) is -0.272. The van der Waals surface area contributed by atoms with Crippen LogP contribution >= 0.6 is 0 Å². The summed E-state index contributed by atoms with van der Waals surface area (Å²) in [4.78, 5) is 11.8. The number of aliphatic hydroxyl groups excluding tert-OH is 1. The summed E-state index contributed by atoms with van der Waals surface area (Å²) in [6, 6.07) is 11.0. The highest BCUT2D eigenvalue weighted by Gasteiger charge is 2.12. The number of nitrogens with zero attached hydrogens (tertiary/aromatic N) is 1. The summed E-state index contributed by atoms with van der Waals surface area (Å²) in [6.45, 7) is 1.64. The van der Waals surface area contributed by atoms with Gasteiger partial charge in [0, 0.05) is 11.6 Å². The predicted octanol–water partition coefficient (Wildman–Crippen LogP) is 1.19. The molecule has 5 nitrogen and oxygen atoms in total. The molecule has 0 saturated heterocycles. The molecule has 0 fully saturated rings. The molecule has 94 valence electrons. The average Bonchev–Trinajstić information content (AvgIpc) is 2.89. The molecule has 3 N–H and O–H groups in total. The standard InChI is InChI=1S/C13H15N3O2/c1-9(8-17)14-13(18)12-7-11(15-16-12)10-5-3-2-4-6-10/h2-7,9,17H,8H2,1H3,(H,14,18)(H,15,16)/t9-/m0/s1. The largest absolute Gasteiger partial charge is 0.394 e. The number of aromatic amines is 1. The van der Waals surface area contributed by atoms with Gasteiger partial charge in [-0.25, -0.2) is 0 Å². The first kappa shape index (κ1) is 12.3. The van der Waals surface area contributed by atoms with E-state index in [1.54, 1.807) is 13.0 Å². The summed E-state index contributed by atoms with van der Waals surface area (Å²) in [5, 5.41) is 18.3. The van der Waals surface area contributed by atoms with Gasteiger partial charge in [-0.2, -0.15) is 5.10 Å². The number of nitrogens with one attached hydrogen (secondary N) is 2. The fourth-order valence-corrected chi connectivity index (χ4v) is 1.54. The highest BCUT2D eigenvalue weighted by molar-refractivity contribution is 5.93. The van der Waals surface area contributed by atoms with Crippen molar-refractivity contribution in [2.45, 2.75) is 13.0 Å². The molecule has 1 heterocycles. The van der Waals surface area contributed by atoms with E-state index in [1.165, 1.54) is 0 Å². The maximum Gasteiger partial charge on any atom is 0.269 e. The Bertz CT molecular complexity index is 522. The highest BCUT2D eigenvalue weighted by Crippen LogP contribution is 2.16. The van der Waals surface area contributed by atoms with Gasteiger partial charge in [-0.15, -0.1) is 0 Å². The van der Waals surface area contributed by atoms with Gasteiger partial charge >= 0.3 is 0 Å². The van der Waals surface area contributed by atoms with Crippen LogP contribution < -0.4 is 5.32 Å². The van der Waals surface area contributed by atoms with Crippen molar-refractivity contribution in [1.82, 2.24) is 15.5 Å². The molecule has 2 rings (SSSR count). The number of carbonyl (C=O) groups is 1. The Balaban J connectivity index is 2.13. The van der Waals surface area contributed by atoms with Gasteiger partial charge in [0.15, 0.2) is 0 Å². The lowest BCUT2D eigenvalue weighted by Crippen LogP contribution is -2.35. The average molecular weight is 245 g/mol. The molecule has 1 amide bonds. The molecule has 5 heteroatoms. The zero-order chi connectivity index (χ0) is 13.0. The smallest absolute Gasteiger partial charge is 0.269 e. The molecule has 0 unspecified atom stereocenters. The van der Waals surface area contributed by atoms with E-state index in [2.05, 4.69) is 15.5 Å². The number of hydrogen-bond donors (Lipinski definition) is 3. The Morgan fingerprint density at radius 2 is 2.17 bits per heavy atom. The zero-order valence-electron chi connectivity index (χ0n) is 10.1. The maximum absolute atomic E-state index is 11.8. The molecule has 0 aliphatic rings. The first-order chi connectivity index (χ1) is 8.70. The van der Waals surface area contributed by atoms with Gasteiger partial charge in [0.25, 0.3) is 5.91 Å². The molecule has 0 bridgehead atoms. The minimum absolute atomic E-state index is 0.0918. The molecule has 0 saturated carbocycles. The lowest BCUT2D eigenvalue weighted by atomic mass is 10.1. The number of hydrogen-bond acceptors (Lipinski definition) is 3. The van der Waals surface area contributed by atoms with E-state index in [0.717, 1.165) is 11.3 Å². The fraction of sp³-hybridized carbons (Fsp3) is 0.231. The zero-order valence-corrected chi connectivity index (χ0v) is 10.1. The van der Waals surface area contributed by atoms with Crippen LogP contribution in [-0.4, -0.2) is 33.9 Å². The van der Waals surface area contributed by atoms with Crippen LogP contribution in [0.1, 0.15) is 17.4 Å². The molecule has 0 aliphatic carbocycles. The monoisotopic (exact) mass is 245 g/mol. The van der Waals surface area contributed by atoms with Crippen LogP contribution in [0.15, 0.2) is 36.4 Å². The molecule has 1 aromatic carbocycles. The van der Waals surface area contributed by atoms with Gasteiger partial charge in [0.2, 0.25) is 0 Å². The Hall–Kier alpha value is -2.14. The van der Waals surface area contributed by atoms with E-state index in [0.29, 0.717) is 5.69 Å². The first-order valence-electron chi connectivity index (χ1n) is 5.73. The van der Waals surface area contributed by atoms with Gasteiger partial charge in [-0.3, -0.25) is 9.89 Å². The number of aliphatic hydroxyl groups is 1. The Morgan fingerprint density at radius 1 is 1.44 bits per heavy atom. The quantitative estimate of drug-likeness (QED) is 0.757. The number of carbonyl (C=O) groups excluding carboxylic acids is 1. The third-order valence-electron chi connectivity index (χ3n) is 2.54. The number of H-pyrrole nitrogens is 1. The Kier molecular flexibility index (Phi) is 3.74. The van der Waals surface area contributed by atoms with Crippen molar-refractivity contribution in [2.75, 3.05) is 6.61 Å². The van der Waals surface area contributed by atoms with Crippen molar-refractivity contribution in [3.05, 3.63) is 42.1 Å². The van der Waals surface area contributed by atoms with Crippen LogP contribution in [0.2, 0.25) is 0 Å². The molecule has 1 atom stereocenters. The van der Waals surface area contributed by atoms with Crippen molar-refractivity contribution < 1.29 is 9.90 Å². The number of aromatic nitrogens is 2. The van der Waals surface area contributed by atoms with Crippen LogP contribution in [0.4, 0.5) is 0 Å². The molecule has 0 spiro atoms. The normalized spacial score (nSPS) is 12.1. The molecule has 1 aromatic heterocycles. The van der Waals surface area contributed by atoms with Gasteiger partial charge < -0.3 is 10.4 Å². The lowest BCUT2D eigenvalue weighted by molar-refractivity contribution is 0.0917. The van der Waals surface area contributed by atoms with E-state index in [4.69, 9.17) is 5.11 Å². The van der Waals surface area contributed by atoms with Crippen molar-refractivity contribution in [3.8, 4) is 11.3 Å². The molecule has 2 aromatic rings. The van der Waals surface area contributed by atoms with E-state index < -0.39 is 0 Å². The minimum Gasteiger partial charge on any atom is -0.394 e. The highest BCUT2D eigenvalue weighted by atomic mass is 16.3. The van der Waals surface area contributed by atoms with Crippen molar-refractivity contribution >= 4 is 5.91 Å². The van der Waals surface area contributed by atoms with E-state index >= 15 is 0 Å². The van der Waals surface area contributed by atoms with E-state index in [-0.39, 0.29) is 18.6 Å². The van der Waals surface area contributed by atoms with Gasteiger partial charge in [0.1, 0.15) is 5.69 Å². The number of benzene rings is 1. The van der Waals surface area contributed by atoms with Crippen LogP contribution in [-0.2, 0) is 0 Å². The van der Waals surface area contributed by atoms with Crippen LogP contribution in [0.25, 0.3) is 11.3 Å². The van der Waals surface area contributed by atoms with Gasteiger partial charge in [0.05, 0.1) is 12.3 Å². The molecule has 0 aliphatic heterocycles. The summed E-state index contributed by atoms with van der Waals surface area (Å²) in [6.07, 6.45) is 0. The number of rotatable bonds is 4. The van der Waals surface area contributed by atoms with Crippen LogP contribution in [0, 0.1) is 0 Å². The van der Waals surface area contributed by atoms with Crippen molar-refractivity contribution in [1.29, 1.82) is 0 Å². The maximum atomic E-state index is 11.8. The predicted molar refractivity (Wildman–Crippen MR) is 68.0 cm³/mol. The minimum atomic E-state index is -0.277. The summed E-state index contributed by atoms with van der Waals surface area (Å²) < 4.78 is 0. The number of amides is 1. The second kappa shape index (κ2) is 5.46. The summed E-state index contributed by atoms with van der Waals surface area (Å²) in [5.41, 5.74) is 2.05. The Morgan fingerprint density at radius 3 is 2.83 bits per heavy atom. The van der Waals surface area contributed by atoms with E-state index in [9.17, 15) is 4.79 Å². The molecule has 18 heavy (non-hydrogen) atoms. The fourth-order valence-electron chi connectivity index (χ4n) is 1.54.